The van der Waals surface area contributed by atoms with E-state index in [4.69, 9.17) is 14.2 Å². The number of esters is 3. The average molecular weight is 434 g/mol. The number of methoxy groups -OCH3 is 3. The maximum Gasteiger partial charge on any atom is 0.345 e. The number of carbonyl (C=O) groups excluding carboxylic acids is 3. The largest absolute Gasteiger partial charge is 0.468 e. The molecule has 1 aromatic heterocycles. The Hall–Kier alpha value is -2.52. The summed E-state index contributed by atoms with van der Waals surface area (Å²) in [6, 6.07) is 9.17. The smallest absolute Gasteiger partial charge is 0.345 e. The van der Waals surface area contributed by atoms with Crippen LogP contribution in [0.1, 0.15) is 5.69 Å². The molecule has 29 heavy (non-hydrogen) atoms. The van der Waals surface area contributed by atoms with E-state index in [0.717, 1.165) is 17.1 Å². The van der Waals surface area contributed by atoms with Gasteiger partial charge < -0.3 is 14.2 Å². The number of rotatable bonds is 5. The molecule has 0 aliphatic carbocycles. The van der Waals surface area contributed by atoms with E-state index >= 15 is 0 Å². The number of thioether (sulfide) groups is 2. The third-order valence-electron chi connectivity index (χ3n) is 4.70. The maximum atomic E-state index is 13.3. The van der Waals surface area contributed by atoms with Gasteiger partial charge in [0.25, 0.3) is 0 Å². The first-order valence-corrected chi connectivity index (χ1v) is 10.6. The Morgan fingerprint density at radius 3 is 2.41 bits per heavy atom. The van der Waals surface area contributed by atoms with Crippen molar-refractivity contribution in [2.75, 3.05) is 27.6 Å². The third-order valence-corrected chi connectivity index (χ3v) is 7.21. The summed E-state index contributed by atoms with van der Waals surface area (Å²) < 4.78 is 13.4. The zero-order valence-electron chi connectivity index (χ0n) is 16.3. The third kappa shape index (κ3) is 3.28. The van der Waals surface area contributed by atoms with E-state index in [9.17, 15) is 14.4 Å². The van der Waals surface area contributed by atoms with Gasteiger partial charge in [-0.3, -0.25) is 14.6 Å². The molecule has 2 aromatic rings. The van der Waals surface area contributed by atoms with E-state index in [-0.39, 0.29) is 4.91 Å². The molecule has 1 aliphatic heterocycles. The fraction of sp³-hybridized carbons (Fsp3) is 0.300. The molecule has 0 saturated heterocycles. The average Bonchev–Trinajstić information content (AvgIpc) is 3.13. The predicted molar refractivity (Wildman–Crippen MR) is 111 cm³/mol. The molecule has 0 fully saturated rings. The fourth-order valence-electron chi connectivity index (χ4n) is 3.43. The minimum absolute atomic E-state index is 0.163. The zero-order chi connectivity index (χ0) is 21.2. The Morgan fingerprint density at radius 1 is 1.07 bits per heavy atom. The molecule has 152 valence electrons. The topological polar surface area (TPSA) is 91.8 Å². The van der Waals surface area contributed by atoms with Crippen molar-refractivity contribution in [3.63, 3.8) is 0 Å². The second-order valence-corrected chi connectivity index (χ2v) is 8.16. The van der Waals surface area contributed by atoms with Crippen molar-refractivity contribution in [3.05, 3.63) is 52.0 Å². The van der Waals surface area contributed by atoms with Crippen LogP contribution in [0.4, 0.5) is 0 Å². The molecule has 2 atom stereocenters. The normalized spacial score (nSPS) is 21.2. The Kier molecular flexibility index (Phi) is 6.18. The van der Waals surface area contributed by atoms with Crippen LogP contribution >= 0.6 is 23.5 Å². The highest BCUT2D eigenvalue weighted by molar-refractivity contribution is 8.09. The van der Waals surface area contributed by atoms with E-state index in [0.29, 0.717) is 16.0 Å². The minimum atomic E-state index is -1.63. The Bertz CT molecular complexity index is 1020. The van der Waals surface area contributed by atoms with Gasteiger partial charge in [0.05, 0.1) is 27.0 Å². The van der Waals surface area contributed by atoms with Crippen LogP contribution in [0.15, 0.2) is 46.3 Å². The first-order valence-electron chi connectivity index (χ1n) is 8.52. The van der Waals surface area contributed by atoms with Crippen molar-refractivity contribution in [2.45, 2.75) is 4.75 Å². The van der Waals surface area contributed by atoms with Crippen LogP contribution in [0.3, 0.4) is 0 Å². The molecule has 1 aromatic carbocycles. The van der Waals surface area contributed by atoms with Gasteiger partial charge in [0, 0.05) is 16.5 Å². The number of pyridine rings is 1. The van der Waals surface area contributed by atoms with E-state index in [1.54, 1.807) is 18.5 Å². The number of carbonyl (C=O) groups is 3. The van der Waals surface area contributed by atoms with Gasteiger partial charge in [-0.1, -0.05) is 36.0 Å². The highest BCUT2D eigenvalue weighted by Crippen LogP contribution is 2.60. The number of aromatic nitrogens is 1. The summed E-state index contributed by atoms with van der Waals surface area (Å²) in [5.41, 5.74) is 0.327. The van der Waals surface area contributed by atoms with Crippen molar-refractivity contribution in [2.24, 2.45) is 5.92 Å². The summed E-state index contributed by atoms with van der Waals surface area (Å²) in [7, 11) is 3.72. The van der Waals surface area contributed by atoms with Crippen molar-refractivity contribution in [3.8, 4) is 0 Å². The van der Waals surface area contributed by atoms with Crippen LogP contribution < -0.4 is 0 Å². The summed E-state index contributed by atoms with van der Waals surface area (Å²) in [6.07, 6.45) is 3.28. The van der Waals surface area contributed by atoms with Gasteiger partial charge in [-0.15, -0.1) is 11.8 Å². The number of nitrogens with zero attached hydrogens (tertiary/aromatic N) is 1. The van der Waals surface area contributed by atoms with Gasteiger partial charge in [-0.05, 0) is 17.7 Å². The molecule has 3 rings (SSSR count). The Labute approximate surface area is 176 Å². The summed E-state index contributed by atoms with van der Waals surface area (Å²) in [6.45, 7) is 0. The van der Waals surface area contributed by atoms with Crippen LogP contribution in [0, 0.1) is 5.92 Å². The summed E-state index contributed by atoms with van der Waals surface area (Å²) >= 11 is 2.11. The van der Waals surface area contributed by atoms with E-state index in [2.05, 4.69) is 4.98 Å². The lowest BCUT2D eigenvalue weighted by Gasteiger charge is -2.31. The molecule has 9 heteroatoms. The molecule has 0 amide bonds. The fourth-order valence-corrected chi connectivity index (χ4v) is 6.12. The first-order chi connectivity index (χ1) is 14.0. The molecule has 2 heterocycles. The van der Waals surface area contributed by atoms with Gasteiger partial charge in [0.15, 0.2) is 4.75 Å². The molecule has 0 spiro atoms. The van der Waals surface area contributed by atoms with E-state index in [1.807, 2.05) is 24.3 Å². The van der Waals surface area contributed by atoms with Crippen molar-refractivity contribution in [1.29, 1.82) is 0 Å². The number of hydrogen-bond donors (Lipinski definition) is 0. The van der Waals surface area contributed by atoms with Crippen molar-refractivity contribution in [1.82, 2.24) is 4.98 Å². The van der Waals surface area contributed by atoms with Gasteiger partial charge in [0.2, 0.25) is 0 Å². The van der Waals surface area contributed by atoms with Crippen molar-refractivity contribution < 1.29 is 28.6 Å². The molecule has 0 bridgehead atoms. The Balaban J connectivity index is 2.39. The number of fused-ring (bicyclic) bond motifs is 1. The lowest BCUT2D eigenvalue weighted by atomic mass is 9.85. The predicted octanol–water partition coefficient (Wildman–Crippen LogP) is 2.89. The summed E-state index contributed by atoms with van der Waals surface area (Å²) in [4.78, 5) is 43.7. The molecular formula is C20H19NO6S2. The molecule has 0 N–H and O–H groups in total. The Morgan fingerprint density at radius 2 is 1.79 bits per heavy atom. The minimum Gasteiger partial charge on any atom is -0.468 e. The van der Waals surface area contributed by atoms with Crippen molar-refractivity contribution >= 4 is 52.2 Å². The van der Waals surface area contributed by atoms with Gasteiger partial charge in [-0.2, -0.15) is 0 Å². The monoisotopic (exact) mass is 433 g/mol. The van der Waals surface area contributed by atoms with Crippen LogP contribution in [-0.2, 0) is 33.3 Å². The molecule has 0 saturated carbocycles. The van der Waals surface area contributed by atoms with Crippen LogP contribution in [0.2, 0.25) is 0 Å². The van der Waals surface area contributed by atoms with Gasteiger partial charge >= 0.3 is 17.9 Å². The molecule has 0 radical (unpaired) electrons. The number of hydrogen-bond acceptors (Lipinski definition) is 9. The maximum absolute atomic E-state index is 13.3. The van der Waals surface area contributed by atoms with Crippen LogP contribution in [-0.4, -0.2) is 50.5 Å². The SMILES string of the molecule is COC(=O)C1=C(SC)C(C(=O)OC)C(C(=O)OC)(c2nccc3ccccc23)S1. The van der Waals surface area contributed by atoms with Gasteiger partial charge in [-0.25, -0.2) is 4.79 Å². The van der Waals surface area contributed by atoms with Gasteiger partial charge in [0.1, 0.15) is 10.8 Å². The summed E-state index contributed by atoms with van der Waals surface area (Å²) in [5.74, 6) is -3.13. The lowest BCUT2D eigenvalue weighted by molar-refractivity contribution is -0.153. The first kappa shape index (κ1) is 21.2. The standard InChI is InChI=1S/C20H19NO6S2/c1-25-17(22)13-14(28-4)15(18(23)26-2)29-20(13,19(24)27-3)16-12-8-6-5-7-11(12)9-10-21-16/h5-10,13H,1-4H3. The van der Waals surface area contributed by atoms with Crippen LogP contribution in [0.25, 0.3) is 10.8 Å². The second-order valence-electron chi connectivity index (χ2n) is 6.06. The molecule has 7 nitrogen and oxygen atoms in total. The molecular weight excluding hydrogens is 414 g/mol. The van der Waals surface area contributed by atoms with E-state index < -0.39 is 28.6 Å². The lowest BCUT2D eigenvalue weighted by Crippen LogP contribution is -2.44. The van der Waals surface area contributed by atoms with Crippen LogP contribution in [0.5, 0.6) is 0 Å². The zero-order valence-corrected chi connectivity index (χ0v) is 17.9. The second kappa shape index (κ2) is 8.46. The molecule has 2 unspecified atom stereocenters. The number of benzene rings is 1. The number of ether oxygens (including phenoxy) is 3. The highest BCUT2D eigenvalue weighted by Gasteiger charge is 2.62. The van der Waals surface area contributed by atoms with E-state index in [1.165, 1.54) is 33.1 Å². The molecule has 1 aliphatic rings. The highest BCUT2D eigenvalue weighted by atomic mass is 32.2. The summed E-state index contributed by atoms with van der Waals surface area (Å²) in [5, 5.41) is 1.51. The quantitative estimate of drug-likeness (QED) is 0.521.